The minimum absolute atomic E-state index is 0.000602. The van der Waals surface area contributed by atoms with Crippen molar-refractivity contribution in [2.45, 2.75) is 33.2 Å². The summed E-state index contributed by atoms with van der Waals surface area (Å²) in [6, 6.07) is 0.226. The van der Waals surface area contributed by atoms with E-state index in [4.69, 9.17) is 0 Å². The SMILES string of the molecule is CCCN(C(=O)n1ccnc1)C(C)C. The number of hydrogen-bond acceptors (Lipinski definition) is 2. The molecule has 0 N–H and O–H groups in total. The average Bonchev–Trinajstić information content (AvgIpc) is 2.65. The molecule has 0 aromatic carbocycles. The minimum Gasteiger partial charge on any atom is -0.322 e. The summed E-state index contributed by atoms with van der Waals surface area (Å²) in [5.41, 5.74) is 0. The van der Waals surface area contributed by atoms with Crippen molar-refractivity contribution in [3.8, 4) is 0 Å². The van der Waals surface area contributed by atoms with Crippen molar-refractivity contribution in [2.75, 3.05) is 6.54 Å². The molecule has 1 amide bonds. The molecule has 0 bridgehead atoms. The van der Waals surface area contributed by atoms with Crippen molar-refractivity contribution in [3.05, 3.63) is 18.7 Å². The van der Waals surface area contributed by atoms with Crippen LogP contribution in [0.1, 0.15) is 27.2 Å². The molecule has 0 saturated heterocycles. The van der Waals surface area contributed by atoms with Crippen LogP contribution in [0, 0.1) is 0 Å². The van der Waals surface area contributed by atoms with Crippen molar-refractivity contribution in [1.82, 2.24) is 14.5 Å². The van der Waals surface area contributed by atoms with Crippen molar-refractivity contribution in [2.24, 2.45) is 0 Å². The predicted molar refractivity (Wildman–Crippen MR) is 55.2 cm³/mol. The topological polar surface area (TPSA) is 38.1 Å². The summed E-state index contributed by atoms with van der Waals surface area (Å²) >= 11 is 0. The van der Waals surface area contributed by atoms with Gasteiger partial charge >= 0.3 is 6.03 Å². The first kappa shape index (κ1) is 10.8. The molecule has 78 valence electrons. The molecule has 0 unspecified atom stereocenters. The van der Waals surface area contributed by atoms with Crippen LogP contribution in [0.5, 0.6) is 0 Å². The van der Waals surface area contributed by atoms with E-state index in [0.29, 0.717) is 0 Å². The van der Waals surface area contributed by atoms with E-state index in [0.717, 1.165) is 13.0 Å². The van der Waals surface area contributed by atoms with Crippen LogP contribution in [0.15, 0.2) is 18.7 Å². The van der Waals surface area contributed by atoms with E-state index in [-0.39, 0.29) is 12.1 Å². The number of carbonyl (C=O) groups excluding carboxylic acids is 1. The number of rotatable bonds is 3. The van der Waals surface area contributed by atoms with Gasteiger partial charge in [0.2, 0.25) is 0 Å². The van der Waals surface area contributed by atoms with Crippen LogP contribution in [0.25, 0.3) is 0 Å². The normalized spacial score (nSPS) is 10.6. The van der Waals surface area contributed by atoms with E-state index in [1.807, 2.05) is 18.7 Å². The third-order valence-corrected chi connectivity index (χ3v) is 2.06. The third kappa shape index (κ3) is 2.34. The van der Waals surface area contributed by atoms with Crippen LogP contribution in [0.3, 0.4) is 0 Å². The largest absolute Gasteiger partial charge is 0.329 e. The Morgan fingerprint density at radius 2 is 2.29 bits per heavy atom. The first-order chi connectivity index (χ1) is 6.66. The average molecular weight is 195 g/mol. The van der Waals surface area contributed by atoms with Gasteiger partial charge in [0.1, 0.15) is 6.33 Å². The Bertz CT molecular complexity index is 280. The Kier molecular flexibility index (Phi) is 3.68. The van der Waals surface area contributed by atoms with Gasteiger partial charge in [-0.05, 0) is 20.3 Å². The lowest BCUT2D eigenvalue weighted by Crippen LogP contribution is -2.39. The van der Waals surface area contributed by atoms with Crippen molar-refractivity contribution < 1.29 is 4.79 Å². The number of nitrogens with zero attached hydrogens (tertiary/aromatic N) is 3. The maximum atomic E-state index is 11.9. The fourth-order valence-corrected chi connectivity index (χ4v) is 1.34. The van der Waals surface area contributed by atoms with Gasteiger partial charge in [0.25, 0.3) is 0 Å². The van der Waals surface area contributed by atoms with E-state index >= 15 is 0 Å². The quantitative estimate of drug-likeness (QED) is 0.739. The molecule has 4 heteroatoms. The Morgan fingerprint density at radius 1 is 1.57 bits per heavy atom. The minimum atomic E-state index is -0.000602. The molecule has 0 aliphatic carbocycles. The lowest BCUT2D eigenvalue weighted by molar-refractivity contribution is 0.185. The molecule has 0 atom stereocenters. The fourth-order valence-electron chi connectivity index (χ4n) is 1.34. The maximum Gasteiger partial charge on any atom is 0.329 e. The van der Waals surface area contributed by atoms with Crippen LogP contribution in [0.2, 0.25) is 0 Å². The molecule has 1 heterocycles. The summed E-state index contributed by atoms with van der Waals surface area (Å²) in [6.07, 6.45) is 5.79. The molecule has 0 radical (unpaired) electrons. The van der Waals surface area contributed by atoms with E-state index in [9.17, 15) is 4.79 Å². The molecule has 1 rings (SSSR count). The molecule has 0 aliphatic heterocycles. The predicted octanol–water partition coefficient (Wildman–Crippen LogP) is 1.97. The highest BCUT2D eigenvalue weighted by Gasteiger charge is 2.16. The van der Waals surface area contributed by atoms with Gasteiger partial charge in [-0.25, -0.2) is 9.78 Å². The number of aromatic nitrogens is 2. The second-order valence-corrected chi connectivity index (χ2v) is 3.54. The molecule has 1 aromatic heterocycles. The molecule has 14 heavy (non-hydrogen) atoms. The van der Waals surface area contributed by atoms with Gasteiger partial charge in [0, 0.05) is 25.0 Å². The summed E-state index contributed by atoms with van der Waals surface area (Å²) in [4.78, 5) is 17.6. The molecular weight excluding hydrogens is 178 g/mol. The third-order valence-electron chi connectivity index (χ3n) is 2.06. The smallest absolute Gasteiger partial charge is 0.322 e. The van der Waals surface area contributed by atoms with E-state index in [2.05, 4.69) is 11.9 Å². The summed E-state index contributed by atoms with van der Waals surface area (Å²) in [5.74, 6) is 0. The number of amides is 1. The van der Waals surface area contributed by atoms with E-state index in [1.165, 1.54) is 10.9 Å². The maximum absolute atomic E-state index is 11.9. The highest BCUT2D eigenvalue weighted by molar-refractivity contribution is 5.76. The Labute approximate surface area is 84.5 Å². The van der Waals surface area contributed by atoms with Crippen molar-refractivity contribution in [1.29, 1.82) is 0 Å². The summed E-state index contributed by atoms with van der Waals surface area (Å²) < 4.78 is 1.51. The van der Waals surface area contributed by atoms with Gasteiger partial charge in [-0.1, -0.05) is 6.92 Å². The molecule has 4 nitrogen and oxygen atoms in total. The Balaban J connectivity index is 2.74. The van der Waals surface area contributed by atoms with Gasteiger partial charge in [0.05, 0.1) is 0 Å². The fraction of sp³-hybridized carbons (Fsp3) is 0.600. The number of carbonyl (C=O) groups is 1. The van der Waals surface area contributed by atoms with Gasteiger partial charge in [-0.3, -0.25) is 4.57 Å². The van der Waals surface area contributed by atoms with Crippen LogP contribution >= 0.6 is 0 Å². The molecular formula is C10H17N3O. The van der Waals surface area contributed by atoms with Crippen LogP contribution in [-0.4, -0.2) is 33.1 Å². The van der Waals surface area contributed by atoms with Crippen LogP contribution in [-0.2, 0) is 0 Å². The van der Waals surface area contributed by atoms with E-state index in [1.54, 1.807) is 12.4 Å². The number of imidazole rings is 1. The van der Waals surface area contributed by atoms with Crippen molar-refractivity contribution >= 4 is 6.03 Å². The van der Waals surface area contributed by atoms with Crippen molar-refractivity contribution in [3.63, 3.8) is 0 Å². The van der Waals surface area contributed by atoms with Gasteiger partial charge in [-0.15, -0.1) is 0 Å². The Hall–Kier alpha value is -1.32. The molecule has 0 aliphatic rings. The zero-order chi connectivity index (χ0) is 10.6. The zero-order valence-electron chi connectivity index (χ0n) is 8.97. The first-order valence-corrected chi connectivity index (χ1v) is 4.95. The first-order valence-electron chi connectivity index (χ1n) is 4.95. The standard InChI is InChI=1S/C10H17N3O/c1-4-6-13(9(2)3)10(14)12-7-5-11-8-12/h5,7-9H,4,6H2,1-3H3. The Morgan fingerprint density at radius 3 is 2.71 bits per heavy atom. The second-order valence-electron chi connectivity index (χ2n) is 3.54. The number of hydrogen-bond donors (Lipinski definition) is 0. The summed E-state index contributed by atoms with van der Waals surface area (Å²) in [7, 11) is 0. The van der Waals surface area contributed by atoms with Crippen LogP contribution < -0.4 is 0 Å². The highest BCUT2D eigenvalue weighted by Crippen LogP contribution is 2.03. The molecule has 1 aromatic rings. The second kappa shape index (κ2) is 4.79. The molecule has 0 fully saturated rings. The summed E-state index contributed by atoms with van der Waals surface area (Å²) in [5, 5.41) is 0. The van der Waals surface area contributed by atoms with Gasteiger partial charge in [-0.2, -0.15) is 0 Å². The molecule has 0 saturated carbocycles. The molecule has 0 spiro atoms. The summed E-state index contributed by atoms with van der Waals surface area (Å²) in [6.45, 7) is 6.89. The van der Waals surface area contributed by atoms with Gasteiger partial charge in [0.15, 0.2) is 0 Å². The van der Waals surface area contributed by atoms with E-state index < -0.39 is 0 Å². The monoisotopic (exact) mass is 195 g/mol. The van der Waals surface area contributed by atoms with Crippen LogP contribution in [0.4, 0.5) is 4.79 Å². The van der Waals surface area contributed by atoms with Gasteiger partial charge < -0.3 is 4.90 Å². The lowest BCUT2D eigenvalue weighted by Gasteiger charge is -2.25. The highest BCUT2D eigenvalue weighted by atomic mass is 16.2. The zero-order valence-corrected chi connectivity index (χ0v) is 8.97. The lowest BCUT2D eigenvalue weighted by atomic mass is 10.3.